The number of carboxylic acid groups (broad SMARTS) is 4. The molecule has 2 heterocycles. The third-order valence-electron chi connectivity index (χ3n) is 23.6. The Balaban J connectivity index is 1.33. The lowest BCUT2D eigenvalue weighted by atomic mass is 10.00. The summed E-state index contributed by atoms with van der Waals surface area (Å²) in [4.78, 5) is 305. The molecule has 1 aromatic heterocycles. The summed E-state index contributed by atoms with van der Waals surface area (Å²) >= 11 is 0. The highest BCUT2D eigenvalue weighted by atomic mass is 16.4. The van der Waals surface area contributed by atoms with E-state index >= 15 is 0 Å². The van der Waals surface area contributed by atoms with Crippen molar-refractivity contribution in [2.75, 3.05) is 45.9 Å². The third-order valence-corrected chi connectivity index (χ3v) is 23.6. The average Bonchev–Trinajstić information content (AvgIpc) is 1.69. The number of carbonyl (C=O) groups is 22. The summed E-state index contributed by atoms with van der Waals surface area (Å²) in [5.74, 6) is -26.3. The van der Waals surface area contributed by atoms with E-state index < -0.39 is 316 Å². The Labute approximate surface area is 857 Å². The SMILES string of the molecule is CC(C)C[C@H](N)C(=O)NCC(=O)N[C@@H](Cc1c[nH]c2ccccc12)C(=O)N[C@@H](Cc1ccccc1)C(=O)N[C@@H](CCCNC(=N)N)C(=O)N[C@@H](CCC(N)=O)C(=O)N[C@@H](C)C(=O)N1CCC[C@H]1C(=O)NCC(=O)N[C@@H](CCCCN)C(=O)N[C@@H](CCC(=O)O)C(=O)N[C@@H](CCCNC(=N)N)C(=O)N[C@@H](CCC(=O)O)C(=O)N[C@@H](Cc1ccccc1)C(=O)N[C@H](C(=O)N[C@@H](C)C(=O)N[C@@H](CO)C(=O)N[C@@H](CC(=O)O)C(=O)O)C(C)C. The molecule has 4 aromatic rings. The van der Waals surface area contributed by atoms with Crippen LogP contribution in [0.5, 0.6) is 0 Å². The van der Waals surface area contributed by atoms with Crippen molar-refractivity contribution in [3.05, 3.63) is 108 Å². The van der Waals surface area contributed by atoms with Crippen LogP contribution in [0.1, 0.15) is 167 Å². The van der Waals surface area contributed by atoms with E-state index in [1.54, 1.807) is 91.1 Å². The number of hydrogen-bond donors (Lipinski definition) is 31. The van der Waals surface area contributed by atoms with E-state index in [-0.39, 0.29) is 103 Å². The van der Waals surface area contributed by atoms with Gasteiger partial charge in [-0.3, -0.25) is 112 Å². The lowest BCUT2D eigenvalue weighted by Gasteiger charge is -2.29. The molecule has 0 spiro atoms. The van der Waals surface area contributed by atoms with Gasteiger partial charge in [0.1, 0.15) is 90.6 Å². The van der Waals surface area contributed by atoms with Crippen LogP contribution in [0, 0.1) is 22.7 Å². The quantitative estimate of drug-likeness (QED) is 0.0111. The maximum absolute atomic E-state index is 14.9. The summed E-state index contributed by atoms with van der Waals surface area (Å²) < 4.78 is 0. The molecule has 54 nitrogen and oxygen atoms in total. The molecule has 818 valence electrons. The number of guanidine groups is 2. The molecule has 3 aromatic carbocycles. The highest BCUT2D eigenvalue weighted by Gasteiger charge is 2.42. The molecular weight excluding hydrogens is 1950 g/mol. The Bertz CT molecular complexity index is 5320. The van der Waals surface area contributed by atoms with E-state index in [0.717, 1.165) is 11.8 Å². The lowest BCUT2D eigenvalue weighted by Crippen LogP contribution is -2.61. The number of para-hydroxylation sites is 1. The number of unbranched alkanes of at least 4 members (excludes halogenated alkanes) is 1. The fraction of sp³-hybridized carbons (Fsp3) is 0.537. The second-order valence-electron chi connectivity index (χ2n) is 36.5. The maximum Gasteiger partial charge on any atom is 0.326 e. The van der Waals surface area contributed by atoms with Gasteiger partial charge in [-0.25, -0.2) is 4.79 Å². The van der Waals surface area contributed by atoms with Crippen molar-refractivity contribution in [2.24, 2.45) is 40.5 Å². The van der Waals surface area contributed by atoms with E-state index in [9.17, 15) is 126 Å². The van der Waals surface area contributed by atoms with Gasteiger partial charge in [0.2, 0.25) is 106 Å². The molecule has 1 fully saturated rings. The van der Waals surface area contributed by atoms with Crippen LogP contribution in [0.15, 0.2) is 91.1 Å². The number of rotatable bonds is 67. The highest BCUT2D eigenvalue weighted by molar-refractivity contribution is 6.02. The zero-order valence-electron chi connectivity index (χ0n) is 83.7. The Hall–Kier alpha value is -16.0. The monoisotopic (exact) mass is 2090 g/mol. The molecule has 0 aliphatic carbocycles. The Morgan fingerprint density at radius 3 is 1.28 bits per heavy atom. The molecule has 1 saturated heterocycles. The summed E-state index contributed by atoms with van der Waals surface area (Å²) in [7, 11) is 0. The van der Waals surface area contributed by atoms with Crippen LogP contribution < -0.4 is 124 Å². The number of nitrogens with one attached hydrogen (secondary N) is 21. The number of aliphatic carboxylic acids is 4. The van der Waals surface area contributed by atoms with Crippen molar-refractivity contribution >= 4 is 153 Å². The number of aliphatic hydroxyl groups excluding tert-OH is 1. The Kier molecular flexibility index (Phi) is 52.5. The molecule has 16 atom stereocenters. The summed E-state index contributed by atoms with van der Waals surface area (Å²) in [6.07, 6.45) is -4.21. The maximum atomic E-state index is 14.9. The molecule has 149 heavy (non-hydrogen) atoms. The second kappa shape index (κ2) is 63.4. The van der Waals surface area contributed by atoms with E-state index in [0.29, 0.717) is 34.0 Å². The highest BCUT2D eigenvalue weighted by Crippen LogP contribution is 2.23. The first-order chi connectivity index (χ1) is 70.5. The number of H-pyrrole nitrogens is 1. The van der Waals surface area contributed by atoms with Crippen LogP contribution >= 0.6 is 0 Å². The van der Waals surface area contributed by atoms with Crippen LogP contribution in [0.3, 0.4) is 0 Å². The Morgan fingerprint density at radius 1 is 0.416 bits per heavy atom. The molecule has 36 N–H and O–H groups in total. The number of amides is 18. The van der Waals surface area contributed by atoms with Crippen molar-refractivity contribution in [1.29, 1.82) is 10.8 Å². The predicted molar refractivity (Wildman–Crippen MR) is 534 cm³/mol. The van der Waals surface area contributed by atoms with Gasteiger partial charge in [-0.05, 0) is 138 Å². The first kappa shape index (κ1) is 123. The van der Waals surface area contributed by atoms with Crippen LogP contribution in [-0.4, -0.2) is 320 Å². The van der Waals surface area contributed by atoms with Gasteiger partial charge in [-0.15, -0.1) is 0 Å². The van der Waals surface area contributed by atoms with Gasteiger partial charge in [0.15, 0.2) is 11.9 Å². The first-order valence-corrected chi connectivity index (χ1v) is 48.6. The normalized spacial score (nSPS) is 15.1. The van der Waals surface area contributed by atoms with Crippen LogP contribution in [0.25, 0.3) is 10.9 Å². The number of aromatic amines is 1. The zero-order chi connectivity index (χ0) is 111. The minimum Gasteiger partial charge on any atom is -0.481 e. The minimum absolute atomic E-state index is 0.00446. The molecule has 0 radical (unpaired) electrons. The molecule has 18 amide bonds. The average molecular weight is 2090 g/mol. The summed E-state index contributed by atoms with van der Waals surface area (Å²) in [6.45, 7) is 6.32. The number of primary amides is 1. The number of carboxylic acids is 4. The fourth-order valence-corrected chi connectivity index (χ4v) is 15.7. The number of likely N-dealkylation sites (tertiary alicyclic amines) is 1. The van der Waals surface area contributed by atoms with E-state index in [2.05, 4.69) is 95.4 Å². The van der Waals surface area contributed by atoms with E-state index in [1.807, 2.05) is 19.2 Å². The number of aromatic nitrogens is 1. The molecule has 0 bridgehead atoms. The second-order valence-corrected chi connectivity index (χ2v) is 36.5. The van der Waals surface area contributed by atoms with Crippen molar-refractivity contribution in [2.45, 2.75) is 267 Å². The largest absolute Gasteiger partial charge is 0.481 e. The molecule has 54 heteroatoms. The van der Waals surface area contributed by atoms with Gasteiger partial charge in [0, 0.05) is 75.3 Å². The van der Waals surface area contributed by atoms with Crippen LogP contribution in [-0.2, 0) is 125 Å². The summed E-state index contributed by atoms with van der Waals surface area (Å²) in [6, 6.07) is -2.27. The number of carbonyl (C=O) groups excluding carboxylic acids is 18. The zero-order valence-corrected chi connectivity index (χ0v) is 83.7. The minimum atomic E-state index is -1.97. The topological polar surface area (TPSA) is 890 Å². The van der Waals surface area contributed by atoms with Crippen molar-refractivity contribution in [3.63, 3.8) is 0 Å². The number of benzene rings is 3. The van der Waals surface area contributed by atoms with Gasteiger partial charge in [0.05, 0.1) is 32.2 Å². The van der Waals surface area contributed by atoms with Gasteiger partial charge in [0.25, 0.3) is 0 Å². The molecule has 0 unspecified atom stereocenters. The van der Waals surface area contributed by atoms with Gasteiger partial charge in [-0.2, -0.15) is 0 Å². The smallest absolute Gasteiger partial charge is 0.326 e. The van der Waals surface area contributed by atoms with Gasteiger partial charge >= 0.3 is 23.9 Å². The molecule has 1 aliphatic heterocycles. The van der Waals surface area contributed by atoms with Crippen molar-refractivity contribution in [3.8, 4) is 0 Å². The Morgan fingerprint density at radius 2 is 0.819 bits per heavy atom. The van der Waals surface area contributed by atoms with Crippen LogP contribution in [0.4, 0.5) is 0 Å². The summed E-state index contributed by atoms with van der Waals surface area (Å²) in [5.41, 5.74) is 30.7. The number of fused-ring (bicyclic) bond motifs is 1. The first-order valence-electron chi connectivity index (χ1n) is 48.6. The predicted octanol–water partition coefficient (Wildman–Crippen LogP) is -7.52. The van der Waals surface area contributed by atoms with Crippen molar-refractivity contribution < 1.29 is 131 Å². The van der Waals surface area contributed by atoms with Crippen LogP contribution in [0.2, 0.25) is 0 Å². The standard InChI is InChI=1S/C95H141N27O27/c1-49(2)40-57(97)79(134)106-46-73(126)111-67(43-55-45-105-58-25-14-13-24-56(55)58)87(142)118-65(41-53-20-9-7-10-21-53)86(141)113-61(28-18-38-104-95(101)102)83(138)114-62(30-33-71(98)124)80(135)109-52(6)92(147)122-39-19-29-70(122)90(145)107-47-72(125)110-59(26-15-16-36-96)81(136)115-63(31-34-74(127)128)84(139)112-60(27-17-37-103-94(99)100)82(137)116-64(32-35-75(129)130)85(140)117-66(42-54-22-11-8-12-23-54)88(143)121-77(50(3)4)91(146)108-51(5)78(133)120-69(48-123)89(144)119-68(93(148)149)44-76(131)132/h7-14,20-25,45,49-52,57,59-70,77,105,123H,15-19,26-44,46-48,96-97H2,1-6H3,(H2,98,124)(H,106,134)(H,107,145)(H,108,146)(H,109,135)(H,110,125)(H,111,126)(H,112,139)(H,113,141)(H,114,138)(H,115,136)(H,116,137)(H,117,140)(H,118,142)(H,119,144)(H,120,133)(H,121,143)(H,127,128)(H,129,130)(H,131,132)(H,148,149)(H4,99,100,103)(H4,101,102,104)/t51-,52-,57-,59-,60-,61-,62-,63-,64-,65-,66-,67-,68-,69-,70-,77-/m0/s1. The fourth-order valence-electron chi connectivity index (χ4n) is 15.7. The molecule has 1 aliphatic rings. The number of hydrogen-bond acceptors (Lipinski definition) is 27. The van der Waals surface area contributed by atoms with Gasteiger partial charge < -0.3 is 160 Å². The molecular formula is C95H141N27O27. The number of nitrogens with zero attached hydrogens (tertiary/aromatic N) is 1. The van der Waals surface area contributed by atoms with Gasteiger partial charge in [-0.1, -0.05) is 107 Å². The molecule has 0 saturated carbocycles. The van der Waals surface area contributed by atoms with E-state index in [1.165, 1.54) is 20.8 Å². The number of aliphatic hydroxyl groups is 1. The third kappa shape index (κ3) is 44.4. The summed E-state index contributed by atoms with van der Waals surface area (Å²) in [5, 5.41) is 109. The number of nitrogens with two attached hydrogens (primary N) is 5. The molecule has 5 rings (SSSR count). The lowest BCUT2D eigenvalue weighted by molar-refractivity contribution is -0.147. The van der Waals surface area contributed by atoms with E-state index in [4.69, 9.17) is 44.6 Å². The van der Waals surface area contributed by atoms with Crippen molar-refractivity contribution in [1.82, 2.24) is 106 Å².